The molecule has 0 N–H and O–H groups in total. The summed E-state index contributed by atoms with van der Waals surface area (Å²) in [6.07, 6.45) is -2.72. The average Bonchev–Trinajstić information content (AvgIpc) is 3.04. The van der Waals surface area contributed by atoms with Crippen LogP contribution in [0, 0.1) is 0 Å². The molecule has 4 nitrogen and oxygen atoms in total. The quantitative estimate of drug-likeness (QED) is 0.748. The molecule has 1 aliphatic heterocycles. The van der Waals surface area contributed by atoms with E-state index in [2.05, 4.69) is 9.97 Å². The van der Waals surface area contributed by atoms with Gasteiger partial charge in [0.2, 0.25) is 5.28 Å². The molecule has 9 heteroatoms. The molecule has 2 aromatic heterocycles. The lowest BCUT2D eigenvalue weighted by molar-refractivity contribution is -0.134. The van der Waals surface area contributed by atoms with E-state index in [4.69, 9.17) is 11.6 Å². The van der Waals surface area contributed by atoms with E-state index in [0.29, 0.717) is 24.4 Å². The predicted octanol–water partition coefficient (Wildman–Crippen LogP) is 3.60. The van der Waals surface area contributed by atoms with Crippen molar-refractivity contribution in [3.63, 3.8) is 0 Å². The van der Waals surface area contributed by atoms with Crippen molar-refractivity contribution in [3.8, 4) is 0 Å². The molecule has 2 aromatic rings. The average molecular weight is 336 g/mol. The summed E-state index contributed by atoms with van der Waals surface area (Å²) in [6.45, 7) is 1.17. The summed E-state index contributed by atoms with van der Waals surface area (Å²) >= 11 is 6.20. The van der Waals surface area contributed by atoms with Crippen molar-refractivity contribution in [2.75, 3.05) is 13.1 Å². The number of aromatic nitrogens is 2. The number of alkyl halides is 3. The van der Waals surface area contributed by atoms with Gasteiger partial charge in [0, 0.05) is 13.1 Å². The topological polar surface area (TPSA) is 46.1 Å². The second-order valence-corrected chi connectivity index (χ2v) is 6.05. The highest BCUT2D eigenvalue weighted by Crippen LogP contribution is 2.39. The maximum Gasteiger partial charge on any atom is 0.425 e. The standard InChI is InChI=1S/C12H9ClF3N3OS/c13-11-17-6-5-7(12(14,15)16)21-9(6)8(18-11)10(20)19-3-1-2-4-19/h5H,1-4H2. The molecule has 0 aliphatic carbocycles. The smallest absolute Gasteiger partial charge is 0.337 e. The minimum Gasteiger partial charge on any atom is -0.337 e. The Bertz CT molecular complexity index is 710. The number of hydrogen-bond acceptors (Lipinski definition) is 4. The molecule has 1 aliphatic rings. The highest BCUT2D eigenvalue weighted by molar-refractivity contribution is 7.19. The summed E-state index contributed by atoms with van der Waals surface area (Å²) < 4.78 is 38.5. The van der Waals surface area contributed by atoms with Crippen molar-refractivity contribution in [3.05, 3.63) is 21.9 Å². The first-order chi connectivity index (χ1) is 9.86. The predicted molar refractivity (Wildman–Crippen MR) is 72.6 cm³/mol. The first-order valence-corrected chi connectivity index (χ1v) is 7.39. The Morgan fingerprint density at radius 2 is 1.95 bits per heavy atom. The number of thiophene rings is 1. The minimum absolute atomic E-state index is 0.0487. The van der Waals surface area contributed by atoms with E-state index in [-0.39, 0.29) is 21.2 Å². The summed E-state index contributed by atoms with van der Waals surface area (Å²) in [4.78, 5) is 20.8. The summed E-state index contributed by atoms with van der Waals surface area (Å²) in [5.74, 6) is -0.391. The van der Waals surface area contributed by atoms with E-state index in [0.717, 1.165) is 18.9 Å². The molecule has 1 saturated heterocycles. The number of amides is 1. The number of hydrogen-bond donors (Lipinski definition) is 0. The van der Waals surface area contributed by atoms with Crippen molar-refractivity contribution in [2.24, 2.45) is 0 Å². The van der Waals surface area contributed by atoms with Crippen molar-refractivity contribution < 1.29 is 18.0 Å². The Morgan fingerprint density at radius 3 is 2.57 bits per heavy atom. The van der Waals surface area contributed by atoms with E-state index in [9.17, 15) is 18.0 Å². The van der Waals surface area contributed by atoms with E-state index >= 15 is 0 Å². The van der Waals surface area contributed by atoms with Crippen LogP contribution in [0.5, 0.6) is 0 Å². The molecule has 0 bridgehead atoms. The molecule has 0 spiro atoms. The minimum atomic E-state index is -4.48. The van der Waals surface area contributed by atoms with E-state index in [1.807, 2.05) is 0 Å². The summed E-state index contributed by atoms with van der Waals surface area (Å²) in [7, 11) is 0. The number of nitrogens with zero attached hydrogens (tertiary/aromatic N) is 3. The fraction of sp³-hybridized carbons (Fsp3) is 0.417. The van der Waals surface area contributed by atoms with E-state index in [1.54, 1.807) is 4.90 Å². The summed E-state index contributed by atoms with van der Waals surface area (Å²) in [5.41, 5.74) is 0.00210. The van der Waals surface area contributed by atoms with Gasteiger partial charge in [-0.2, -0.15) is 13.2 Å². The van der Waals surface area contributed by atoms with Crippen LogP contribution in [0.2, 0.25) is 5.28 Å². The molecule has 1 amide bonds. The van der Waals surface area contributed by atoms with Gasteiger partial charge in [0.25, 0.3) is 5.91 Å². The zero-order valence-electron chi connectivity index (χ0n) is 10.6. The monoisotopic (exact) mass is 335 g/mol. The zero-order chi connectivity index (χ0) is 15.2. The van der Waals surface area contributed by atoms with Gasteiger partial charge in [-0.05, 0) is 30.5 Å². The molecule has 112 valence electrons. The molecule has 0 aromatic carbocycles. The van der Waals surface area contributed by atoms with Crippen LogP contribution in [0.15, 0.2) is 6.07 Å². The zero-order valence-corrected chi connectivity index (χ0v) is 12.1. The van der Waals surface area contributed by atoms with Crippen molar-refractivity contribution in [1.82, 2.24) is 14.9 Å². The fourth-order valence-corrected chi connectivity index (χ4v) is 3.38. The molecule has 0 saturated carbocycles. The van der Waals surface area contributed by atoms with Gasteiger partial charge in [0.1, 0.15) is 4.88 Å². The molecule has 0 radical (unpaired) electrons. The molecule has 21 heavy (non-hydrogen) atoms. The fourth-order valence-electron chi connectivity index (χ4n) is 2.26. The van der Waals surface area contributed by atoms with Crippen LogP contribution in [-0.4, -0.2) is 33.9 Å². The number of carbonyl (C=O) groups is 1. The third kappa shape index (κ3) is 2.69. The number of rotatable bonds is 1. The summed E-state index contributed by atoms with van der Waals surface area (Å²) in [5, 5.41) is -0.225. The molecule has 3 rings (SSSR count). The van der Waals surface area contributed by atoms with Gasteiger partial charge in [0.05, 0.1) is 10.2 Å². The lowest BCUT2D eigenvalue weighted by atomic mass is 10.3. The van der Waals surface area contributed by atoms with Gasteiger partial charge in [-0.15, -0.1) is 11.3 Å². The Morgan fingerprint density at radius 1 is 1.29 bits per heavy atom. The Labute approximate surface area is 126 Å². The van der Waals surface area contributed by atoms with Crippen LogP contribution in [0.4, 0.5) is 13.2 Å². The van der Waals surface area contributed by atoms with Crippen LogP contribution in [0.25, 0.3) is 10.2 Å². The van der Waals surface area contributed by atoms with Crippen molar-refractivity contribution in [1.29, 1.82) is 0 Å². The lowest BCUT2D eigenvalue weighted by Crippen LogP contribution is -2.28. The SMILES string of the molecule is O=C(c1nc(Cl)nc2cc(C(F)(F)F)sc12)N1CCCC1. The molecule has 1 fully saturated rings. The summed E-state index contributed by atoms with van der Waals surface area (Å²) in [6, 6.07) is 0.897. The van der Waals surface area contributed by atoms with Crippen molar-refractivity contribution >= 4 is 39.1 Å². The van der Waals surface area contributed by atoms with Crippen LogP contribution in [0.3, 0.4) is 0 Å². The van der Waals surface area contributed by atoms with Crippen molar-refractivity contribution in [2.45, 2.75) is 19.0 Å². The molecular weight excluding hydrogens is 327 g/mol. The number of halogens is 4. The second kappa shape index (κ2) is 5.10. The van der Waals surface area contributed by atoms with E-state index < -0.39 is 17.0 Å². The first kappa shape index (κ1) is 14.5. The number of carbonyl (C=O) groups excluding carboxylic acids is 1. The van der Waals surface area contributed by atoms with Gasteiger partial charge in [-0.25, -0.2) is 9.97 Å². The van der Waals surface area contributed by atoms with E-state index in [1.165, 1.54) is 0 Å². The lowest BCUT2D eigenvalue weighted by Gasteiger charge is -2.14. The number of fused-ring (bicyclic) bond motifs is 1. The van der Waals surface area contributed by atoms with Crippen LogP contribution >= 0.6 is 22.9 Å². The molecule has 0 atom stereocenters. The van der Waals surface area contributed by atoms with Gasteiger partial charge in [-0.1, -0.05) is 0 Å². The Kier molecular flexibility index (Phi) is 3.53. The maximum absolute atomic E-state index is 12.8. The Balaban J connectivity index is 2.12. The van der Waals surface area contributed by atoms with Gasteiger partial charge >= 0.3 is 6.18 Å². The highest BCUT2D eigenvalue weighted by Gasteiger charge is 2.34. The molecular formula is C12H9ClF3N3OS. The van der Waals surface area contributed by atoms with Gasteiger partial charge < -0.3 is 4.90 Å². The first-order valence-electron chi connectivity index (χ1n) is 6.20. The Hall–Kier alpha value is -1.41. The van der Waals surface area contributed by atoms with Gasteiger partial charge in [-0.3, -0.25) is 4.79 Å². The van der Waals surface area contributed by atoms with Crippen LogP contribution < -0.4 is 0 Å². The third-order valence-electron chi connectivity index (χ3n) is 3.22. The molecule has 3 heterocycles. The largest absolute Gasteiger partial charge is 0.425 e. The normalized spacial score (nSPS) is 15.9. The highest BCUT2D eigenvalue weighted by atomic mass is 35.5. The molecule has 0 unspecified atom stereocenters. The van der Waals surface area contributed by atoms with Crippen LogP contribution in [0.1, 0.15) is 28.2 Å². The number of likely N-dealkylation sites (tertiary alicyclic amines) is 1. The second-order valence-electron chi connectivity index (χ2n) is 4.66. The van der Waals surface area contributed by atoms with Crippen LogP contribution in [-0.2, 0) is 6.18 Å². The van der Waals surface area contributed by atoms with Gasteiger partial charge in [0.15, 0.2) is 5.69 Å². The maximum atomic E-state index is 12.8. The third-order valence-corrected chi connectivity index (χ3v) is 4.56.